The van der Waals surface area contributed by atoms with Crippen molar-refractivity contribution in [2.75, 3.05) is 11.9 Å². The van der Waals surface area contributed by atoms with Crippen LogP contribution in [0.15, 0.2) is 60.9 Å². The van der Waals surface area contributed by atoms with Gasteiger partial charge in [0.15, 0.2) is 11.6 Å². The van der Waals surface area contributed by atoms with Crippen LogP contribution in [0.3, 0.4) is 0 Å². The van der Waals surface area contributed by atoms with Crippen molar-refractivity contribution in [2.24, 2.45) is 7.05 Å². The van der Waals surface area contributed by atoms with Crippen molar-refractivity contribution >= 4 is 23.2 Å². The first kappa shape index (κ1) is 21.0. The molecule has 3 aromatic rings. The topological polar surface area (TPSA) is 90.3 Å². The average Bonchev–Trinajstić information content (AvgIpc) is 3.18. The van der Waals surface area contributed by atoms with Gasteiger partial charge in [0.2, 0.25) is 11.7 Å². The molecule has 0 unspecified atom stereocenters. The highest BCUT2D eigenvalue weighted by molar-refractivity contribution is 6.07. The van der Waals surface area contributed by atoms with E-state index in [1.54, 1.807) is 72.5 Å². The number of aromatic nitrogens is 2. The maximum atomic E-state index is 12.4. The minimum atomic E-state index is -0.266. The molecule has 0 aliphatic rings. The van der Waals surface area contributed by atoms with Crippen molar-refractivity contribution in [1.82, 2.24) is 9.55 Å². The van der Waals surface area contributed by atoms with Gasteiger partial charge in [-0.3, -0.25) is 14.4 Å². The second-order valence-corrected chi connectivity index (χ2v) is 6.70. The molecule has 1 N–H and O–H groups in total. The van der Waals surface area contributed by atoms with Crippen molar-refractivity contribution in [1.29, 1.82) is 0 Å². The number of benzene rings is 2. The third-order valence-electron chi connectivity index (χ3n) is 4.52. The van der Waals surface area contributed by atoms with Gasteiger partial charge >= 0.3 is 0 Å². The van der Waals surface area contributed by atoms with Crippen LogP contribution in [-0.4, -0.2) is 33.6 Å². The highest BCUT2D eigenvalue weighted by Crippen LogP contribution is 2.16. The van der Waals surface area contributed by atoms with E-state index in [2.05, 4.69) is 10.3 Å². The Hall–Kier alpha value is -3.74. The maximum absolute atomic E-state index is 12.4. The lowest BCUT2D eigenvalue weighted by Crippen LogP contribution is -2.14. The Bertz CT molecular complexity index is 1040. The van der Waals surface area contributed by atoms with E-state index < -0.39 is 0 Å². The number of Topliss-reactive ketones (excluding diaryl/α,β-unsaturated/α-hetero) is 1. The number of aryl methyl sites for hydroxylation is 1. The molecule has 1 aromatic heterocycles. The lowest BCUT2D eigenvalue weighted by Gasteiger charge is -2.07. The molecule has 0 radical (unpaired) electrons. The standard InChI is InChI=1S/C23H23N3O4/c1-3-30-19-10-6-16(7-11-19)20(27)12-13-21(28)25-18-8-4-17(5-9-18)22(29)23-24-14-15-26(23)2/h4-11,14-15H,3,12-13H2,1-2H3,(H,25,28). The summed E-state index contributed by atoms with van der Waals surface area (Å²) in [4.78, 5) is 40.9. The summed E-state index contributed by atoms with van der Waals surface area (Å²) in [5, 5.41) is 2.74. The molecule has 1 amide bonds. The molecule has 7 nitrogen and oxygen atoms in total. The number of carbonyl (C=O) groups is 3. The van der Waals surface area contributed by atoms with Crippen molar-refractivity contribution in [3.05, 3.63) is 77.9 Å². The van der Waals surface area contributed by atoms with Crippen LogP contribution in [0.1, 0.15) is 46.3 Å². The molecule has 0 aliphatic carbocycles. The van der Waals surface area contributed by atoms with Crippen LogP contribution in [0.4, 0.5) is 5.69 Å². The zero-order valence-electron chi connectivity index (χ0n) is 16.9. The predicted octanol–water partition coefficient (Wildman–Crippen LogP) is 3.65. The third-order valence-corrected chi connectivity index (χ3v) is 4.52. The van der Waals surface area contributed by atoms with Gasteiger partial charge in [0, 0.05) is 49.1 Å². The number of rotatable bonds is 9. The number of ketones is 2. The van der Waals surface area contributed by atoms with Gasteiger partial charge in [0.1, 0.15) is 5.75 Å². The number of carbonyl (C=O) groups excluding carboxylic acids is 3. The van der Waals surface area contributed by atoms with Crippen LogP contribution >= 0.6 is 0 Å². The lowest BCUT2D eigenvalue weighted by atomic mass is 10.1. The van der Waals surface area contributed by atoms with E-state index in [0.29, 0.717) is 35.0 Å². The SMILES string of the molecule is CCOc1ccc(C(=O)CCC(=O)Nc2ccc(C(=O)c3nccn3C)cc2)cc1. The van der Waals surface area contributed by atoms with E-state index in [-0.39, 0.29) is 30.3 Å². The number of nitrogens with zero attached hydrogens (tertiary/aromatic N) is 2. The Morgan fingerprint density at radius 3 is 2.23 bits per heavy atom. The number of amides is 1. The predicted molar refractivity (Wildman–Crippen MR) is 113 cm³/mol. The van der Waals surface area contributed by atoms with Gasteiger partial charge in [0.05, 0.1) is 6.61 Å². The van der Waals surface area contributed by atoms with Crippen molar-refractivity contribution in [3.8, 4) is 5.75 Å². The maximum Gasteiger partial charge on any atom is 0.228 e. The summed E-state index contributed by atoms with van der Waals surface area (Å²) < 4.78 is 7.01. The average molecular weight is 405 g/mol. The number of hydrogen-bond acceptors (Lipinski definition) is 5. The fraction of sp³-hybridized carbons (Fsp3) is 0.217. The van der Waals surface area contributed by atoms with E-state index in [1.807, 2.05) is 6.92 Å². The van der Waals surface area contributed by atoms with Gasteiger partial charge in [-0.2, -0.15) is 0 Å². The number of imidazole rings is 1. The van der Waals surface area contributed by atoms with Crippen molar-refractivity contribution in [2.45, 2.75) is 19.8 Å². The highest BCUT2D eigenvalue weighted by atomic mass is 16.5. The van der Waals surface area contributed by atoms with Crippen LogP contribution < -0.4 is 10.1 Å². The first-order chi connectivity index (χ1) is 14.5. The summed E-state index contributed by atoms with van der Waals surface area (Å²) in [6.45, 7) is 2.45. The number of hydrogen-bond donors (Lipinski definition) is 1. The first-order valence-corrected chi connectivity index (χ1v) is 9.66. The van der Waals surface area contributed by atoms with Crippen molar-refractivity contribution in [3.63, 3.8) is 0 Å². The monoisotopic (exact) mass is 405 g/mol. The van der Waals surface area contributed by atoms with E-state index in [0.717, 1.165) is 0 Å². The van der Waals surface area contributed by atoms with Gasteiger partial charge in [0.25, 0.3) is 0 Å². The Morgan fingerprint density at radius 2 is 1.63 bits per heavy atom. The molecule has 0 spiro atoms. The molecule has 0 bridgehead atoms. The molecule has 1 heterocycles. The number of ether oxygens (including phenoxy) is 1. The summed E-state index contributed by atoms with van der Waals surface area (Å²) in [6, 6.07) is 13.5. The Morgan fingerprint density at radius 1 is 0.967 bits per heavy atom. The summed E-state index contributed by atoms with van der Waals surface area (Å²) in [5.41, 5.74) is 1.58. The Labute approximate surface area is 174 Å². The molecule has 0 saturated heterocycles. The molecular formula is C23H23N3O4. The highest BCUT2D eigenvalue weighted by Gasteiger charge is 2.14. The van der Waals surface area contributed by atoms with Crippen LogP contribution in [0, 0.1) is 0 Å². The molecule has 154 valence electrons. The summed E-state index contributed by atoms with van der Waals surface area (Å²) in [7, 11) is 1.75. The van der Waals surface area contributed by atoms with Gasteiger partial charge in [-0.05, 0) is 55.5 Å². The van der Waals surface area contributed by atoms with Crippen LogP contribution in [-0.2, 0) is 11.8 Å². The molecule has 0 aliphatic heterocycles. The quantitative estimate of drug-likeness (QED) is 0.549. The molecule has 0 atom stereocenters. The fourth-order valence-corrected chi connectivity index (χ4v) is 2.92. The fourth-order valence-electron chi connectivity index (χ4n) is 2.92. The van der Waals surface area contributed by atoms with Gasteiger partial charge in [-0.1, -0.05) is 0 Å². The van der Waals surface area contributed by atoms with Gasteiger partial charge in [-0.15, -0.1) is 0 Å². The molecule has 30 heavy (non-hydrogen) atoms. The number of nitrogens with one attached hydrogen (secondary N) is 1. The molecule has 2 aromatic carbocycles. The van der Waals surface area contributed by atoms with E-state index >= 15 is 0 Å². The molecule has 3 rings (SSSR count). The van der Waals surface area contributed by atoms with E-state index in [4.69, 9.17) is 4.74 Å². The van der Waals surface area contributed by atoms with Crippen LogP contribution in [0.2, 0.25) is 0 Å². The minimum absolute atomic E-state index is 0.0694. The zero-order chi connectivity index (χ0) is 21.5. The van der Waals surface area contributed by atoms with Crippen LogP contribution in [0.25, 0.3) is 0 Å². The second kappa shape index (κ2) is 9.65. The summed E-state index contributed by atoms with van der Waals surface area (Å²) in [6.07, 6.45) is 3.45. The molecule has 7 heteroatoms. The first-order valence-electron chi connectivity index (χ1n) is 9.66. The molecule has 0 fully saturated rings. The van der Waals surface area contributed by atoms with Crippen LogP contribution in [0.5, 0.6) is 5.75 Å². The largest absolute Gasteiger partial charge is 0.494 e. The molecular weight excluding hydrogens is 382 g/mol. The zero-order valence-corrected chi connectivity index (χ0v) is 16.9. The Balaban J connectivity index is 1.51. The van der Waals surface area contributed by atoms with Gasteiger partial charge in [-0.25, -0.2) is 4.98 Å². The smallest absolute Gasteiger partial charge is 0.228 e. The second-order valence-electron chi connectivity index (χ2n) is 6.70. The molecule has 0 saturated carbocycles. The summed E-state index contributed by atoms with van der Waals surface area (Å²) >= 11 is 0. The van der Waals surface area contributed by atoms with E-state index in [9.17, 15) is 14.4 Å². The third kappa shape index (κ3) is 5.20. The normalized spacial score (nSPS) is 10.5. The Kier molecular flexibility index (Phi) is 6.75. The van der Waals surface area contributed by atoms with Gasteiger partial charge < -0.3 is 14.6 Å². The lowest BCUT2D eigenvalue weighted by molar-refractivity contribution is -0.116. The minimum Gasteiger partial charge on any atom is -0.494 e. The summed E-state index contributed by atoms with van der Waals surface area (Å²) in [5.74, 6) is 0.485. The van der Waals surface area contributed by atoms with Crippen molar-refractivity contribution < 1.29 is 19.1 Å². The number of anilines is 1. The van der Waals surface area contributed by atoms with E-state index in [1.165, 1.54) is 0 Å².